The number of piperazine rings is 1. The highest BCUT2D eigenvalue weighted by Gasteiger charge is 2.33. The lowest BCUT2D eigenvalue weighted by Gasteiger charge is -2.37. The van der Waals surface area contributed by atoms with Crippen molar-refractivity contribution in [2.45, 2.75) is 13.0 Å². The first-order valence-corrected chi connectivity index (χ1v) is 12.2. The van der Waals surface area contributed by atoms with Crippen LogP contribution in [0.4, 0.5) is 20.6 Å². The van der Waals surface area contributed by atoms with Crippen LogP contribution in [0.15, 0.2) is 29.6 Å². The summed E-state index contributed by atoms with van der Waals surface area (Å²) in [6.07, 6.45) is -0.822. The number of nitrogens with one attached hydrogen (secondary N) is 1. The summed E-state index contributed by atoms with van der Waals surface area (Å²) >= 11 is 18.3. The van der Waals surface area contributed by atoms with E-state index in [1.165, 1.54) is 22.3 Å². The van der Waals surface area contributed by atoms with Crippen LogP contribution in [-0.2, 0) is 4.74 Å². The molecular formula is C21H22ClFN4O2S3. The van der Waals surface area contributed by atoms with Gasteiger partial charge in [-0.3, -0.25) is 4.90 Å². The van der Waals surface area contributed by atoms with Crippen molar-refractivity contribution in [1.29, 1.82) is 0 Å². The van der Waals surface area contributed by atoms with Crippen LogP contribution < -0.4 is 15.1 Å². The number of nitrogens with zero attached hydrogens (tertiary/aromatic N) is 3. The van der Waals surface area contributed by atoms with Crippen molar-refractivity contribution in [2.24, 2.45) is 0 Å². The Labute approximate surface area is 205 Å². The first-order chi connectivity index (χ1) is 15.3. The van der Waals surface area contributed by atoms with Gasteiger partial charge in [0, 0.05) is 26.2 Å². The van der Waals surface area contributed by atoms with E-state index in [2.05, 4.69) is 10.2 Å². The number of thiophene rings is 1. The maximum absolute atomic E-state index is 15.0. The molecule has 1 aromatic heterocycles. The number of carbonyl (C=O) groups excluding carboxylic acids is 1. The van der Waals surface area contributed by atoms with E-state index in [0.29, 0.717) is 60.7 Å². The van der Waals surface area contributed by atoms with Gasteiger partial charge in [-0.25, -0.2) is 9.18 Å². The van der Waals surface area contributed by atoms with Gasteiger partial charge in [0.15, 0.2) is 0 Å². The molecule has 0 saturated carbocycles. The predicted molar refractivity (Wildman–Crippen MR) is 135 cm³/mol. The molecule has 2 saturated heterocycles. The van der Waals surface area contributed by atoms with Gasteiger partial charge in [-0.1, -0.05) is 36.0 Å². The zero-order valence-corrected chi connectivity index (χ0v) is 20.6. The molecule has 1 amide bonds. The van der Waals surface area contributed by atoms with E-state index < -0.39 is 6.09 Å². The van der Waals surface area contributed by atoms with Crippen molar-refractivity contribution in [3.05, 3.63) is 45.4 Å². The largest absolute Gasteiger partial charge is 0.442 e. The van der Waals surface area contributed by atoms with E-state index in [0.717, 1.165) is 9.87 Å². The quantitative estimate of drug-likeness (QED) is 0.599. The second kappa shape index (κ2) is 9.86. The van der Waals surface area contributed by atoms with Gasteiger partial charge in [0.05, 0.1) is 39.4 Å². The highest BCUT2D eigenvalue weighted by atomic mass is 35.5. The molecule has 0 bridgehead atoms. The predicted octanol–water partition coefficient (Wildman–Crippen LogP) is 4.30. The Morgan fingerprint density at radius 2 is 2.03 bits per heavy atom. The van der Waals surface area contributed by atoms with Crippen LogP contribution in [0.1, 0.15) is 11.8 Å². The number of anilines is 2. The minimum absolute atomic E-state index is 0.336. The molecule has 0 unspecified atom stereocenters. The Morgan fingerprint density at radius 3 is 2.66 bits per heavy atom. The second-order valence-electron chi connectivity index (χ2n) is 7.57. The zero-order chi connectivity index (χ0) is 22.8. The Kier molecular flexibility index (Phi) is 7.14. The van der Waals surface area contributed by atoms with Crippen molar-refractivity contribution < 1.29 is 13.9 Å². The molecule has 0 radical (unpaired) electrons. The summed E-state index contributed by atoms with van der Waals surface area (Å²) in [5, 5.41) is 5.58. The van der Waals surface area contributed by atoms with Gasteiger partial charge in [0.25, 0.3) is 0 Å². The highest BCUT2D eigenvalue weighted by molar-refractivity contribution is 7.81. The van der Waals surface area contributed by atoms with Crippen LogP contribution in [0.5, 0.6) is 0 Å². The van der Waals surface area contributed by atoms with Gasteiger partial charge < -0.3 is 19.9 Å². The summed E-state index contributed by atoms with van der Waals surface area (Å²) < 4.78 is 20.3. The van der Waals surface area contributed by atoms with Crippen LogP contribution in [0.25, 0.3) is 0 Å². The highest BCUT2D eigenvalue weighted by Crippen LogP contribution is 2.29. The summed E-state index contributed by atoms with van der Waals surface area (Å²) in [6, 6.07) is 6.70. The Morgan fingerprint density at radius 1 is 1.28 bits per heavy atom. The summed E-state index contributed by atoms with van der Waals surface area (Å²) in [5.74, 6) is -0.371. The first-order valence-electron chi connectivity index (χ1n) is 10.1. The Bertz CT molecular complexity index is 1040. The smallest absolute Gasteiger partial charge is 0.414 e. The molecule has 1 N–H and O–H groups in total. The maximum Gasteiger partial charge on any atom is 0.414 e. The van der Waals surface area contributed by atoms with Crippen LogP contribution >= 0.6 is 47.4 Å². The monoisotopic (exact) mass is 512 g/mol. The SMILES string of the molecule is CC(=S)NC[C@H]1CN(c2ccc(N3CCN(C(=S)c4sccc4Cl)CC3)c(F)c2)C(=O)O1. The molecule has 170 valence electrons. The number of cyclic esters (lactones) is 1. The second-order valence-corrected chi connectivity index (χ2v) is 9.89. The first kappa shape index (κ1) is 23.2. The van der Waals surface area contributed by atoms with Gasteiger partial charge in [-0.15, -0.1) is 11.3 Å². The molecule has 2 aromatic rings. The fourth-order valence-electron chi connectivity index (χ4n) is 3.76. The van der Waals surface area contributed by atoms with Gasteiger partial charge in [0.1, 0.15) is 16.9 Å². The number of hydrogen-bond donors (Lipinski definition) is 1. The minimum Gasteiger partial charge on any atom is -0.442 e. The van der Waals surface area contributed by atoms with Gasteiger partial charge in [0.2, 0.25) is 0 Å². The van der Waals surface area contributed by atoms with E-state index in [-0.39, 0.29) is 11.9 Å². The van der Waals surface area contributed by atoms with Crippen molar-refractivity contribution in [3.63, 3.8) is 0 Å². The molecular weight excluding hydrogens is 491 g/mol. The summed E-state index contributed by atoms with van der Waals surface area (Å²) in [7, 11) is 0. The lowest BCUT2D eigenvalue weighted by Crippen LogP contribution is -2.48. The lowest BCUT2D eigenvalue weighted by atomic mass is 10.2. The van der Waals surface area contributed by atoms with E-state index in [4.69, 9.17) is 40.8 Å². The Balaban J connectivity index is 1.38. The average Bonchev–Trinajstić information content (AvgIpc) is 3.37. The molecule has 0 aliphatic carbocycles. The normalized spacial score (nSPS) is 18.7. The average molecular weight is 513 g/mol. The molecule has 32 heavy (non-hydrogen) atoms. The molecule has 4 rings (SSSR count). The molecule has 2 aliphatic heterocycles. The third kappa shape index (κ3) is 4.98. The number of amides is 1. The fraction of sp³-hybridized carbons (Fsp3) is 0.381. The van der Waals surface area contributed by atoms with Crippen molar-refractivity contribution in [2.75, 3.05) is 49.1 Å². The Hall–Kier alpha value is -2.01. The van der Waals surface area contributed by atoms with Crippen LogP contribution in [0.2, 0.25) is 5.02 Å². The van der Waals surface area contributed by atoms with E-state index in [9.17, 15) is 9.18 Å². The van der Waals surface area contributed by atoms with Gasteiger partial charge >= 0.3 is 6.09 Å². The standard InChI is InChI=1S/C21H22ClFN4O2S3/c1-13(30)24-11-15-12-27(21(28)29-15)14-2-3-18(17(23)10-14)25-5-7-26(8-6-25)20(31)19-16(22)4-9-32-19/h2-4,9-10,15H,5-8,11-12H2,1H3,(H,24,30)/t15-/m0/s1. The molecule has 2 fully saturated rings. The number of halogens is 2. The third-order valence-electron chi connectivity index (χ3n) is 5.41. The number of thiocarbonyl (C=S) groups is 2. The number of ether oxygens (including phenoxy) is 1. The summed E-state index contributed by atoms with van der Waals surface area (Å²) in [6.45, 7) is 5.17. The maximum atomic E-state index is 15.0. The summed E-state index contributed by atoms with van der Waals surface area (Å²) in [5.41, 5.74) is 0.987. The number of benzene rings is 1. The summed E-state index contributed by atoms with van der Waals surface area (Å²) in [4.78, 5) is 20.0. The number of carbonyl (C=O) groups is 1. The third-order valence-corrected chi connectivity index (χ3v) is 7.50. The van der Waals surface area contributed by atoms with E-state index in [1.807, 2.05) is 16.3 Å². The van der Waals surface area contributed by atoms with Crippen molar-refractivity contribution >= 4 is 74.8 Å². The van der Waals surface area contributed by atoms with Crippen molar-refractivity contribution in [1.82, 2.24) is 10.2 Å². The fourth-order valence-corrected chi connectivity index (χ4v) is 5.44. The lowest BCUT2D eigenvalue weighted by molar-refractivity contribution is 0.143. The molecule has 6 nitrogen and oxygen atoms in total. The minimum atomic E-state index is -0.486. The topological polar surface area (TPSA) is 48.0 Å². The van der Waals surface area contributed by atoms with Crippen molar-refractivity contribution in [3.8, 4) is 0 Å². The molecule has 0 spiro atoms. The van der Waals surface area contributed by atoms with Crippen LogP contribution in [0.3, 0.4) is 0 Å². The molecule has 11 heteroatoms. The molecule has 3 heterocycles. The van der Waals surface area contributed by atoms with E-state index in [1.54, 1.807) is 19.1 Å². The number of rotatable bonds is 5. The van der Waals surface area contributed by atoms with Crippen LogP contribution in [0, 0.1) is 5.82 Å². The number of hydrogen-bond acceptors (Lipinski definition) is 6. The molecule has 1 atom stereocenters. The molecule has 1 aromatic carbocycles. The zero-order valence-electron chi connectivity index (χ0n) is 17.3. The van der Waals surface area contributed by atoms with Gasteiger partial charge in [-0.2, -0.15) is 0 Å². The molecule has 2 aliphatic rings. The van der Waals surface area contributed by atoms with Gasteiger partial charge in [-0.05, 0) is 36.6 Å². The van der Waals surface area contributed by atoms with E-state index >= 15 is 0 Å². The van der Waals surface area contributed by atoms with Crippen LogP contribution in [-0.4, -0.2) is 66.3 Å².